The number of Topliss-reactive ketones (excluding diaryl/α,β-unsaturated/α-hetero) is 1. The molecule has 0 heterocycles. The second-order valence-electron chi connectivity index (χ2n) is 3.86. The molecular weight excluding hydrogens is 222 g/mol. The number of hydrogen-bond donors (Lipinski definition) is 0. The highest BCUT2D eigenvalue weighted by Crippen LogP contribution is 2.32. The number of carbonyl (C=O) groups is 1. The summed E-state index contributed by atoms with van der Waals surface area (Å²) < 4.78 is 0. The predicted molar refractivity (Wildman–Crippen MR) is 62.8 cm³/mol. The van der Waals surface area contributed by atoms with Gasteiger partial charge in [-0.15, -0.1) is 0 Å². The van der Waals surface area contributed by atoms with Gasteiger partial charge in [0.1, 0.15) is 6.07 Å². The lowest BCUT2D eigenvalue weighted by atomic mass is 10.1. The van der Waals surface area contributed by atoms with Gasteiger partial charge in [-0.1, -0.05) is 23.7 Å². The smallest absolute Gasteiger partial charge is 0.176 e. The van der Waals surface area contributed by atoms with Crippen molar-refractivity contribution in [3.63, 3.8) is 0 Å². The maximum absolute atomic E-state index is 11.7. The van der Waals surface area contributed by atoms with Gasteiger partial charge < -0.3 is 0 Å². The lowest BCUT2D eigenvalue weighted by molar-refractivity contribution is -0.116. The van der Waals surface area contributed by atoms with Crippen molar-refractivity contribution in [3.8, 4) is 6.07 Å². The van der Waals surface area contributed by atoms with Crippen LogP contribution >= 0.6 is 11.6 Å². The first-order valence-corrected chi connectivity index (χ1v) is 5.50. The van der Waals surface area contributed by atoms with E-state index in [1.807, 2.05) is 6.07 Å². The van der Waals surface area contributed by atoms with Gasteiger partial charge >= 0.3 is 0 Å². The molecule has 0 spiro atoms. The minimum absolute atomic E-state index is 0.0301. The molecule has 0 bridgehead atoms. The van der Waals surface area contributed by atoms with E-state index in [4.69, 9.17) is 16.9 Å². The highest BCUT2D eigenvalue weighted by molar-refractivity contribution is 6.30. The molecule has 0 unspecified atom stereocenters. The summed E-state index contributed by atoms with van der Waals surface area (Å²) in [5.74, 6) is 0.0515. The third kappa shape index (κ3) is 2.50. The van der Waals surface area contributed by atoms with Gasteiger partial charge in [0.15, 0.2) is 5.78 Å². The van der Waals surface area contributed by atoms with Crippen LogP contribution in [0.25, 0.3) is 6.08 Å². The number of rotatable bonds is 3. The molecule has 16 heavy (non-hydrogen) atoms. The summed E-state index contributed by atoms with van der Waals surface area (Å²) in [4.78, 5) is 11.7. The summed E-state index contributed by atoms with van der Waals surface area (Å²) in [5, 5.41) is 9.57. The molecule has 1 fully saturated rings. The van der Waals surface area contributed by atoms with Gasteiger partial charge in [0.25, 0.3) is 0 Å². The van der Waals surface area contributed by atoms with E-state index in [1.165, 1.54) is 0 Å². The molecule has 2 nitrogen and oxygen atoms in total. The molecule has 0 aliphatic heterocycles. The molecule has 1 aromatic rings. The normalized spacial score (nSPS) is 15.6. The lowest BCUT2D eigenvalue weighted by Gasteiger charge is -1.97. The number of nitrogens with zero attached hydrogens (tertiary/aromatic N) is 1. The molecule has 2 rings (SSSR count). The first-order valence-electron chi connectivity index (χ1n) is 5.12. The lowest BCUT2D eigenvalue weighted by Crippen LogP contribution is -2.02. The van der Waals surface area contributed by atoms with Crippen LogP contribution in [0.1, 0.15) is 18.4 Å². The fourth-order valence-electron chi connectivity index (χ4n) is 1.45. The van der Waals surface area contributed by atoms with E-state index in [9.17, 15) is 4.79 Å². The fraction of sp³-hybridized carbons (Fsp3) is 0.231. The van der Waals surface area contributed by atoms with Crippen LogP contribution in [0.2, 0.25) is 5.02 Å². The van der Waals surface area contributed by atoms with Gasteiger partial charge in [-0.05, 0) is 36.6 Å². The number of halogens is 1. The van der Waals surface area contributed by atoms with E-state index in [0.29, 0.717) is 5.02 Å². The van der Waals surface area contributed by atoms with E-state index in [2.05, 4.69) is 0 Å². The highest BCUT2D eigenvalue weighted by Gasteiger charge is 2.31. The number of allylic oxidation sites excluding steroid dienone is 1. The maximum atomic E-state index is 11.7. The second-order valence-corrected chi connectivity index (χ2v) is 4.30. The molecule has 0 N–H and O–H groups in total. The van der Waals surface area contributed by atoms with Gasteiger partial charge in [0.05, 0.1) is 5.57 Å². The molecule has 80 valence electrons. The van der Waals surface area contributed by atoms with Crippen molar-refractivity contribution in [2.75, 3.05) is 0 Å². The molecular formula is C13H10ClNO. The van der Waals surface area contributed by atoms with Crippen LogP contribution in [0.4, 0.5) is 0 Å². The van der Waals surface area contributed by atoms with Gasteiger partial charge in [-0.25, -0.2) is 0 Å². The quantitative estimate of drug-likeness (QED) is 0.592. The summed E-state index contributed by atoms with van der Waals surface area (Å²) in [5.41, 5.74) is 1.07. The molecule has 0 radical (unpaired) electrons. The van der Waals surface area contributed by atoms with Crippen molar-refractivity contribution in [3.05, 3.63) is 40.4 Å². The Labute approximate surface area is 99.1 Å². The Balaban J connectivity index is 2.23. The summed E-state index contributed by atoms with van der Waals surface area (Å²) in [7, 11) is 0. The zero-order valence-electron chi connectivity index (χ0n) is 8.61. The average molecular weight is 232 g/mol. The molecule has 0 saturated heterocycles. The minimum Gasteiger partial charge on any atom is -0.293 e. The van der Waals surface area contributed by atoms with Crippen LogP contribution < -0.4 is 0 Å². The zero-order chi connectivity index (χ0) is 11.5. The number of carbonyl (C=O) groups excluding carboxylic acids is 1. The van der Waals surface area contributed by atoms with Gasteiger partial charge in [-0.2, -0.15) is 5.26 Å². The molecule has 0 aromatic heterocycles. The standard InChI is InChI=1S/C13H10ClNO/c14-12-5-1-9(2-6-12)7-11(8-15)13(16)10-3-4-10/h1-2,5-7,10H,3-4H2/b11-7-. The van der Waals surface area contributed by atoms with Gasteiger partial charge in [-0.3, -0.25) is 4.79 Å². The van der Waals surface area contributed by atoms with Crippen LogP contribution in [0.3, 0.4) is 0 Å². The van der Waals surface area contributed by atoms with E-state index in [0.717, 1.165) is 18.4 Å². The molecule has 1 aromatic carbocycles. The van der Waals surface area contributed by atoms with Crippen molar-refractivity contribution in [1.29, 1.82) is 5.26 Å². The topological polar surface area (TPSA) is 40.9 Å². The average Bonchev–Trinajstić information content (AvgIpc) is 3.11. The van der Waals surface area contributed by atoms with Crippen LogP contribution in [-0.2, 0) is 4.79 Å². The molecule has 1 aliphatic rings. The zero-order valence-corrected chi connectivity index (χ0v) is 9.37. The summed E-state index contributed by atoms with van der Waals surface area (Å²) in [6.07, 6.45) is 3.45. The van der Waals surface area contributed by atoms with E-state index in [-0.39, 0.29) is 17.3 Å². The van der Waals surface area contributed by atoms with E-state index < -0.39 is 0 Å². The Morgan fingerprint density at radius 3 is 2.50 bits per heavy atom. The van der Waals surface area contributed by atoms with Gasteiger partial charge in [0.2, 0.25) is 0 Å². The molecule has 1 aliphatic carbocycles. The minimum atomic E-state index is -0.0301. The van der Waals surface area contributed by atoms with Crippen LogP contribution in [0, 0.1) is 17.2 Å². The Morgan fingerprint density at radius 2 is 2.00 bits per heavy atom. The SMILES string of the molecule is N#C/C(=C/c1ccc(Cl)cc1)C(=O)C1CC1. The maximum Gasteiger partial charge on any atom is 0.176 e. The van der Waals surface area contributed by atoms with Crippen molar-refractivity contribution in [2.45, 2.75) is 12.8 Å². The number of nitriles is 1. The van der Waals surface area contributed by atoms with Crippen LogP contribution in [-0.4, -0.2) is 5.78 Å². The number of hydrogen-bond acceptors (Lipinski definition) is 2. The first-order chi connectivity index (χ1) is 7.70. The van der Waals surface area contributed by atoms with Crippen LogP contribution in [0.15, 0.2) is 29.8 Å². The summed E-state index contributed by atoms with van der Waals surface area (Å²) in [6.45, 7) is 0. The Hall–Kier alpha value is -1.59. The Morgan fingerprint density at radius 1 is 1.38 bits per heavy atom. The summed E-state index contributed by atoms with van der Waals surface area (Å²) in [6, 6.07) is 9.03. The van der Waals surface area contributed by atoms with Crippen molar-refractivity contribution >= 4 is 23.5 Å². The van der Waals surface area contributed by atoms with E-state index >= 15 is 0 Å². The fourth-order valence-corrected chi connectivity index (χ4v) is 1.58. The molecule has 1 saturated carbocycles. The number of benzene rings is 1. The second kappa shape index (κ2) is 4.51. The summed E-state index contributed by atoms with van der Waals surface area (Å²) >= 11 is 5.75. The third-order valence-electron chi connectivity index (χ3n) is 2.52. The largest absolute Gasteiger partial charge is 0.293 e. The Kier molecular flexibility index (Phi) is 3.07. The van der Waals surface area contributed by atoms with Crippen molar-refractivity contribution in [1.82, 2.24) is 0 Å². The third-order valence-corrected chi connectivity index (χ3v) is 2.77. The van der Waals surface area contributed by atoms with Gasteiger partial charge in [0, 0.05) is 10.9 Å². The molecule has 3 heteroatoms. The first kappa shape index (κ1) is 10.9. The number of ketones is 1. The molecule has 0 atom stereocenters. The highest BCUT2D eigenvalue weighted by atomic mass is 35.5. The van der Waals surface area contributed by atoms with Crippen LogP contribution in [0.5, 0.6) is 0 Å². The Bertz CT molecular complexity index is 478. The van der Waals surface area contributed by atoms with Crippen molar-refractivity contribution < 1.29 is 4.79 Å². The monoisotopic (exact) mass is 231 g/mol. The van der Waals surface area contributed by atoms with E-state index in [1.54, 1.807) is 30.3 Å². The predicted octanol–water partition coefficient (Wildman–Crippen LogP) is 3.23. The van der Waals surface area contributed by atoms with Crippen molar-refractivity contribution in [2.24, 2.45) is 5.92 Å². The molecule has 0 amide bonds.